The number of amides is 2. The number of aliphatic carboxylic acids is 1. The Labute approximate surface area is 206 Å². The van der Waals surface area contributed by atoms with Crippen LogP contribution in [0.2, 0.25) is 0 Å². The molecule has 1 saturated carbocycles. The topological polar surface area (TPSA) is 105 Å². The first kappa shape index (κ1) is 24.8. The van der Waals surface area contributed by atoms with Gasteiger partial charge in [0.1, 0.15) is 12.6 Å². The SMILES string of the molecule is CC(C)(C)[C@H](NC(=O)OCC1c2ccccc2-c2ccccc21)C(=O)NC1CCCC1CC(=O)O. The summed E-state index contributed by atoms with van der Waals surface area (Å²) in [6.07, 6.45) is 1.78. The van der Waals surface area contributed by atoms with Crippen molar-refractivity contribution in [2.75, 3.05) is 6.61 Å². The second-order valence-corrected chi connectivity index (χ2v) is 10.7. The Morgan fingerprint density at radius 2 is 1.60 bits per heavy atom. The number of alkyl carbamates (subject to hydrolysis) is 1. The van der Waals surface area contributed by atoms with Gasteiger partial charge < -0.3 is 20.5 Å². The van der Waals surface area contributed by atoms with Crippen molar-refractivity contribution in [1.82, 2.24) is 10.6 Å². The molecule has 0 saturated heterocycles. The fourth-order valence-electron chi connectivity index (χ4n) is 5.39. The van der Waals surface area contributed by atoms with Crippen molar-refractivity contribution < 1.29 is 24.2 Å². The third-order valence-electron chi connectivity index (χ3n) is 7.16. The minimum absolute atomic E-state index is 0.0327. The molecule has 2 aliphatic rings. The summed E-state index contributed by atoms with van der Waals surface area (Å²) in [6, 6.07) is 15.2. The van der Waals surface area contributed by atoms with Crippen LogP contribution in [0.25, 0.3) is 11.1 Å². The van der Waals surface area contributed by atoms with Gasteiger partial charge in [-0.1, -0.05) is 75.7 Å². The minimum Gasteiger partial charge on any atom is -0.481 e. The van der Waals surface area contributed by atoms with Crippen molar-refractivity contribution in [3.63, 3.8) is 0 Å². The Morgan fingerprint density at radius 1 is 1.00 bits per heavy atom. The molecule has 2 amide bonds. The van der Waals surface area contributed by atoms with Crippen molar-refractivity contribution in [2.45, 2.75) is 64.5 Å². The highest BCUT2D eigenvalue weighted by molar-refractivity contribution is 5.87. The zero-order chi connectivity index (χ0) is 25.2. The summed E-state index contributed by atoms with van der Waals surface area (Å²) in [7, 11) is 0. The number of carboxylic acid groups (broad SMARTS) is 1. The normalized spacial score (nSPS) is 20.0. The van der Waals surface area contributed by atoms with Gasteiger partial charge in [0.05, 0.1) is 6.42 Å². The van der Waals surface area contributed by atoms with Crippen LogP contribution >= 0.6 is 0 Å². The van der Waals surface area contributed by atoms with Gasteiger partial charge in [-0.05, 0) is 46.4 Å². The number of carboxylic acids is 1. The van der Waals surface area contributed by atoms with Gasteiger partial charge in [-0.3, -0.25) is 9.59 Å². The van der Waals surface area contributed by atoms with Crippen LogP contribution in [0.3, 0.4) is 0 Å². The van der Waals surface area contributed by atoms with E-state index in [0.29, 0.717) is 0 Å². The van der Waals surface area contributed by atoms with Crippen LogP contribution < -0.4 is 10.6 Å². The number of fused-ring (bicyclic) bond motifs is 3. The molecule has 2 aromatic rings. The Hall–Kier alpha value is -3.35. The number of hydrogen-bond donors (Lipinski definition) is 3. The number of nitrogens with one attached hydrogen (secondary N) is 2. The highest BCUT2D eigenvalue weighted by Crippen LogP contribution is 2.44. The van der Waals surface area contributed by atoms with Gasteiger partial charge in [-0.25, -0.2) is 4.79 Å². The molecular formula is C28H34N2O5. The molecule has 7 heteroatoms. The summed E-state index contributed by atoms with van der Waals surface area (Å²) in [6.45, 7) is 5.81. The van der Waals surface area contributed by atoms with Crippen LogP contribution in [0.15, 0.2) is 48.5 Å². The van der Waals surface area contributed by atoms with Crippen LogP contribution in [0.4, 0.5) is 4.79 Å². The molecule has 0 aromatic heterocycles. The molecule has 0 spiro atoms. The minimum atomic E-state index is -0.861. The van der Waals surface area contributed by atoms with Crippen LogP contribution in [0.5, 0.6) is 0 Å². The van der Waals surface area contributed by atoms with Gasteiger partial charge in [0.15, 0.2) is 0 Å². The van der Waals surface area contributed by atoms with E-state index in [-0.39, 0.29) is 36.8 Å². The summed E-state index contributed by atoms with van der Waals surface area (Å²) >= 11 is 0. The summed E-state index contributed by atoms with van der Waals surface area (Å²) in [5.74, 6) is -1.33. The smallest absolute Gasteiger partial charge is 0.407 e. The average Bonchev–Trinajstić information content (AvgIpc) is 3.36. The Balaban J connectivity index is 1.41. The van der Waals surface area contributed by atoms with E-state index in [1.165, 1.54) is 0 Å². The maximum atomic E-state index is 13.2. The number of rotatable bonds is 7. The first-order valence-corrected chi connectivity index (χ1v) is 12.3. The predicted molar refractivity (Wildman–Crippen MR) is 133 cm³/mol. The summed E-state index contributed by atoms with van der Waals surface area (Å²) < 4.78 is 5.65. The number of carbonyl (C=O) groups is 3. The molecule has 2 unspecified atom stereocenters. The summed E-state index contributed by atoms with van der Waals surface area (Å²) in [5.41, 5.74) is 3.99. The molecular weight excluding hydrogens is 444 g/mol. The molecule has 4 rings (SSSR count). The second kappa shape index (κ2) is 10.1. The largest absolute Gasteiger partial charge is 0.481 e. The van der Waals surface area contributed by atoms with E-state index in [4.69, 9.17) is 9.84 Å². The first-order chi connectivity index (χ1) is 16.6. The zero-order valence-electron chi connectivity index (χ0n) is 20.5. The summed E-state index contributed by atoms with van der Waals surface area (Å²) in [4.78, 5) is 37.2. The lowest BCUT2D eigenvalue weighted by molar-refractivity contribution is -0.138. The first-order valence-electron chi connectivity index (χ1n) is 12.3. The molecule has 0 heterocycles. The average molecular weight is 479 g/mol. The van der Waals surface area contributed by atoms with Gasteiger partial charge in [0.25, 0.3) is 0 Å². The molecule has 35 heavy (non-hydrogen) atoms. The molecule has 2 aromatic carbocycles. The highest BCUT2D eigenvalue weighted by atomic mass is 16.5. The molecule has 186 valence electrons. The van der Waals surface area contributed by atoms with Crippen molar-refractivity contribution in [3.05, 3.63) is 59.7 Å². The molecule has 3 atom stereocenters. The Morgan fingerprint density at radius 3 is 2.17 bits per heavy atom. The third-order valence-corrected chi connectivity index (χ3v) is 7.16. The van der Waals surface area contributed by atoms with E-state index < -0.39 is 23.5 Å². The maximum absolute atomic E-state index is 13.2. The summed E-state index contributed by atoms with van der Waals surface area (Å²) in [5, 5.41) is 14.9. The van der Waals surface area contributed by atoms with Crippen LogP contribution in [0.1, 0.15) is 63.5 Å². The molecule has 2 aliphatic carbocycles. The van der Waals surface area contributed by atoms with Gasteiger partial charge in [0, 0.05) is 12.0 Å². The lowest BCUT2D eigenvalue weighted by Crippen LogP contribution is -2.56. The lowest BCUT2D eigenvalue weighted by Gasteiger charge is -2.32. The molecule has 7 nitrogen and oxygen atoms in total. The van der Waals surface area contributed by atoms with Crippen molar-refractivity contribution >= 4 is 18.0 Å². The van der Waals surface area contributed by atoms with Crippen LogP contribution in [-0.2, 0) is 14.3 Å². The van der Waals surface area contributed by atoms with E-state index in [1.807, 2.05) is 45.0 Å². The van der Waals surface area contributed by atoms with E-state index in [9.17, 15) is 14.4 Å². The highest BCUT2D eigenvalue weighted by Gasteiger charge is 2.37. The van der Waals surface area contributed by atoms with Gasteiger partial charge in [-0.2, -0.15) is 0 Å². The molecule has 0 aliphatic heterocycles. The zero-order valence-corrected chi connectivity index (χ0v) is 20.5. The Bertz CT molecular complexity index is 1060. The molecule has 3 N–H and O–H groups in total. The van der Waals surface area contributed by atoms with Crippen molar-refractivity contribution in [2.24, 2.45) is 11.3 Å². The van der Waals surface area contributed by atoms with E-state index in [1.54, 1.807) is 0 Å². The van der Waals surface area contributed by atoms with E-state index in [0.717, 1.165) is 41.5 Å². The van der Waals surface area contributed by atoms with Crippen molar-refractivity contribution in [3.8, 4) is 11.1 Å². The predicted octanol–water partition coefficient (Wildman–Crippen LogP) is 4.70. The van der Waals surface area contributed by atoms with Gasteiger partial charge in [0.2, 0.25) is 5.91 Å². The molecule has 0 radical (unpaired) electrons. The van der Waals surface area contributed by atoms with Crippen LogP contribution in [-0.4, -0.2) is 41.8 Å². The number of hydrogen-bond acceptors (Lipinski definition) is 4. The van der Waals surface area contributed by atoms with E-state index in [2.05, 4.69) is 34.9 Å². The fraction of sp³-hybridized carbons (Fsp3) is 0.464. The standard InChI is InChI=1S/C28H34N2O5/c1-28(2,3)25(26(33)29-23-14-8-9-17(23)15-24(31)32)30-27(34)35-16-22-20-12-6-4-10-18(20)19-11-5-7-13-21(19)22/h4-7,10-13,17,22-23,25H,8-9,14-16H2,1-3H3,(H,29,33)(H,30,34)(H,31,32)/t17?,23?,25-/m1/s1. The number of ether oxygens (including phenoxy) is 1. The van der Waals surface area contributed by atoms with Crippen LogP contribution in [0, 0.1) is 11.3 Å². The number of benzene rings is 2. The quantitative estimate of drug-likeness (QED) is 0.535. The lowest BCUT2D eigenvalue weighted by atomic mass is 9.85. The van der Waals surface area contributed by atoms with E-state index >= 15 is 0 Å². The third kappa shape index (κ3) is 5.50. The molecule has 1 fully saturated rings. The monoisotopic (exact) mass is 478 g/mol. The fourth-order valence-corrected chi connectivity index (χ4v) is 5.39. The van der Waals surface area contributed by atoms with Gasteiger partial charge >= 0.3 is 12.1 Å². The van der Waals surface area contributed by atoms with Gasteiger partial charge in [-0.15, -0.1) is 0 Å². The second-order valence-electron chi connectivity index (χ2n) is 10.7. The Kier molecular flexibility index (Phi) is 7.15. The maximum Gasteiger partial charge on any atom is 0.407 e. The number of carbonyl (C=O) groups excluding carboxylic acids is 2. The molecule has 0 bridgehead atoms. The van der Waals surface area contributed by atoms with Crippen molar-refractivity contribution in [1.29, 1.82) is 0 Å².